The van der Waals surface area contributed by atoms with Crippen LogP contribution < -0.4 is 0 Å². The van der Waals surface area contributed by atoms with Gasteiger partial charge >= 0.3 is 11.9 Å². The van der Waals surface area contributed by atoms with Gasteiger partial charge in [0.25, 0.3) is 0 Å². The van der Waals surface area contributed by atoms with Crippen molar-refractivity contribution in [1.82, 2.24) is 0 Å². The summed E-state index contributed by atoms with van der Waals surface area (Å²) in [6.07, 6.45) is 1.17. The molecule has 0 atom stereocenters. The molecule has 0 aromatic heterocycles. The van der Waals surface area contributed by atoms with Crippen molar-refractivity contribution in [2.75, 3.05) is 6.61 Å². The third-order valence-corrected chi connectivity index (χ3v) is 1.92. The number of hydrogen-bond acceptors (Lipinski definition) is 5. The molecule has 0 rings (SSSR count). The van der Waals surface area contributed by atoms with E-state index >= 15 is 0 Å². The molecule has 0 fully saturated rings. The summed E-state index contributed by atoms with van der Waals surface area (Å²) < 4.78 is 4.60. The Balaban J connectivity index is 0. The first-order valence-electron chi connectivity index (χ1n) is 6.28. The first-order valence-corrected chi connectivity index (χ1v) is 6.28. The lowest BCUT2D eigenvalue weighted by atomic mass is 10.2. The highest BCUT2D eigenvalue weighted by Gasteiger charge is 2.08. The van der Waals surface area contributed by atoms with Crippen LogP contribution >= 0.6 is 0 Å². The summed E-state index contributed by atoms with van der Waals surface area (Å²) in [5.74, 6) is -1.72. The molecule has 0 aliphatic heterocycles. The second kappa shape index (κ2) is 12.7. The maximum Gasteiger partial charge on any atom is 0.313 e. The van der Waals surface area contributed by atoms with Gasteiger partial charge < -0.3 is 9.84 Å². The molecule has 0 radical (unpaired) electrons. The van der Waals surface area contributed by atoms with E-state index in [2.05, 4.69) is 4.74 Å². The van der Waals surface area contributed by atoms with Crippen molar-refractivity contribution < 1.29 is 29.0 Å². The molecule has 0 aromatic carbocycles. The van der Waals surface area contributed by atoms with Gasteiger partial charge in [-0.05, 0) is 13.3 Å². The van der Waals surface area contributed by atoms with E-state index in [9.17, 15) is 19.2 Å². The van der Waals surface area contributed by atoms with Gasteiger partial charge in [-0.1, -0.05) is 13.8 Å². The number of carboxylic acid groups (broad SMARTS) is 1. The van der Waals surface area contributed by atoms with Crippen LogP contribution in [0.3, 0.4) is 0 Å². The first kappa shape index (κ1) is 19.6. The molecule has 0 aromatic rings. The number of aliphatic carboxylic acids is 1. The molecule has 0 aliphatic carbocycles. The van der Waals surface area contributed by atoms with E-state index in [1.54, 1.807) is 13.8 Å². The fraction of sp³-hybridized carbons (Fsp3) is 0.692. The van der Waals surface area contributed by atoms with E-state index in [1.165, 1.54) is 0 Å². The average molecular weight is 274 g/mol. The highest BCUT2D eigenvalue weighted by molar-refractivity contribution is 5.95. The average Bonchev–Trinajstić information content (AvgIpc) is 2.29. The third kappa shape index (κ3) is 16.3. The summed E-state index contributed by atoms with van der Waals surface area (Å²) in [6, 6.07) is 0. The minimum atomic E-state index is -1.04. The molecule has 6 nitrogen and oxygen atoms in total. The van der Waals surface area contributed by atoms with Crippen molar-refractivity contribution in [3.63, 3.8) is 0 Å². The highest BCUT2D eigenvalue weighted by atomic mass is 16.5. The molecule has 0 bridgehead atoms. The SMILES string of the molecule is CCC(=O)CC(=O)O.CCCC(=O)CC(=O)OCC. The van der Waals surface area contributed by atoms with E-state index in [-0.39, 0.29) is 24.4 Å². The second-order valence-corrected chi connectivity index (χ2v) is 3.73. The quantitative estimate of drug-likeness (QED) is 0.535. The summed E-state index contributed by atoms with van der Waals surface area (Å²) in [5.41, 5.74) is 0. The number of rotatable bonds is 8. The summed E-state index contributed by atoms with van der Waals surface area (Å²) in [5, 5.41) is 7.99. The van der Waals surface area contributed by atoms with Crippen LogP contribution in [0.25, 0.3) is 0 Å². The molecular weight excluding hydrogens is 252 g/mol. The number of hydrogen-bond donors (Lipinski definition) is 1. The van der Waals surface area contributed by atoms with E-state index in [4.69, 9.17) is 5.11 Å². The lowest BCUT2D eigenvalue weighted by Crippen LogP contribution is -2.10. The highest BCUT2D eigenvalue weighted by Crippen LogP contribution is 1.95. The molecule has 0 spiro atoms. The van der Waals surface area contributed by atoms with Crippen molar-refractivity contribution in [2.24, 2.45) is 0 Å². The van der Waals surface area contributed by atoms with Crippen molar-refractivity contribution in [1.29, 1.82) is 0 Å². The Morgan fingerprint density at radius 3 is 1.84 bits per heavy atom. The van der Waals surface area contributed by atoms with Gasteiger partial charge in [0, 0.05) is 12.8 Å². The van der Waals surface area contributed by atoms with Crippen LogP contribution in [0.4, 0.5) is 0 Å². The Hall–Kier alpha value is -1.72. The molecule has 0 amide bonds. The minimum absolute atomic E-state index is 0.0362. The third-order valence-electron chi connectivity index (χ3n) is 1.92. The lowest BCUT2D eigenvalue weighted by Gasteiger charge is -1.98. The predicted octanol–water partition coefficient (Wildman–Crippen LogP) is 1.75. The van der Waals surface area contributed by atoms with Gasteiger partial charge in [0.05, 0.1) is 6.61 Å². The fourth-order valence-electron chi connectivity index (χ4n) is 1.03. The Bertz CT molecular complexity index is 292. The molecular formula is C13H22O6. The van der Waals surface area contributed by atoms with Gasteiger partial charge in [0.2, 0.25) is 0 Å². The minimum Gasteiger partial charge on any atom is -0.481 e. The van der Waals surface area contributed by atoms with E-state index in [1.807, 2.05) is 6.92 Å². The van der Waals surface area contributed by atoms with Crippen LogP contribution in [0.2, 0.25) is 0 Å². The smallest absolute Gasteiger partial charge is 0.313 e. The number of carbonyl (C=O) groups excluding carboxylic acids is 3. The largest absolute Gasteiger partial charge is 0.481 e. The zero-order chi connectivity index (χ0) is 15.3. The molecule has 0 saturated carbocycles. The number of Topliss-reactive ketones (excluding diaryl/α,β-unsaturated/α-hetero) is 2. The molecule has 0 unspecified atom stereocenters. The van der Waals surface area contributed by atoms with E-state index < -0.39 is 11.9 Å². The van der Waals surface area contributed by atoms with Crippen LogP contribution in [0.5, 0.6) is 0 Å². The van der Waals surface area contributed by atoms with Crippen LogP contribution in [0.15, 0.2) is 0 Å². The van der Waals surface area contributed by atoms with Gasteiger partial charge in [-0.2, -0.15) is 0 Å². The van der Waals surface area contributed by atoms with Crippen LogP contribution in [-0.2, 0) is 23.9 Å². The van der Waals surface area contributed by atoms with Crippen molar-refractivity contribution >= 4 is 23.5 Å². The van der Waals surface area contributed by atoms with Crippen LogP contribution in [-0.4, -0.2) is 35.2 Å². The number of ether oxygens (including phenoxy) is 1. The van der Waals surface area contributed by atoms with Gasteiger partial charge in [-0.25, -0.2) is 0 Å². The standard InChI is InChI=1S/C8H14O3.C5H8O3/c1-3-5-7(9)6-8(10)11-4-2;1-2-4(6)3-5(7)8/h3-6H2,1-2H3;2-3H2,1H3,(H,7,8). The monoisotopic (exact) mass is 274 g/mol. The maximum atomic E-state index is 10.8. The zero-order valence-electron chi connectivity index (χ0n) is 11.7. The van der Waals surface area contributed by atoms with Gasteiger partial charge in [0.1, 0.15) is 24.4 Å². The Morgan fingerprint density at radius 1 is 0.947 bits per heavy atom. The van der Waals surface area contributed by atoms with Crippen LogP contribution in [0, 0.1) is 0 Å². The Morgan fingerprint density at radius 2 is 1.53 bits per heavy atom. The number of esters is 1. The van der Waals surface area contributed by atoms with Gasteiger partial charge in [0.15, 0.2) is 0 Å². The van der Waals surface area contributed by atoms with Crippen molar-refractivity contribution in [3.8, 4) is 0 Å². The van der Waals surface area contributed by atoms with Crippen molar-refractivity contribution in [3.05, 3.63) is 0 Å². The Kier molecular flexibility index (Phi) is 13.1. The normalized spacial score (nSPS) is 9.00. The summed E-state index contributed by atoms with van der Waals surface area (Å²) in [4.78, 5) is 41.5. The van der Waals surface area contributed by atoms with Gasteiger partial charge in [-0.3, -0.25) is 19.2 Å². The molecule has 110 valence electrons. The summed E-state index contributed by atoms with van der Waals surface area (Å²) in [6.45, 7) is 5.62. The number of carboxylic acids is 1. The Labute approximate surface area is 113 Å². The maximum absolute atomic E-state index is 10.8. The summed E-state index contributed by atoms with van der Waals surface area (Å²) in [7, 11) is 0. The topological polar surface area (TPSA) is 97.7 Å². The van der Waals surface area contributed by atoms with Crippen LogP contribution in [0.1, 0.15) is 52.9 Å². The number of carbonyl (C=O) groups is 4. The second-order valence-electron chi connectivity index (χ2n) is 3.73. The van der Waals surface area contributed by atoms with Crippen molar-refractivity contribution in [2.45, 2.75) is 52.9 Å². The fourth-order valence-corrected chi connectivity index (χ4v) is 1.03. The van der Waals surface area contributed by atoms with Gasteiger partial charge in [-0.15, -0.1) is 0 Å². The molecule has 1 N–H and O–H groups in total. The van der Waals surface area contributed by atoms with E-state index in [0.29, 0.717) is 19.4 Å². The molecule has 0 heterocycles. The lowest BCUT2D eigenvalue weighted by molar-refractivity contribution is -0.146. The summed E-state index contributed by atoms with van der Waals surface area (Å²) >= 11 is 0. The van der Waals surface area contributed by atoms with E-state index in [0.717, 1.165) is 6.42 Å². The number of ketones is 2. The molecule has 0 aliphatic rings. The molecule has 0 saturated heterocycles. The zero-order valence-corrected chi connectivity index (χ0v) is 11.7. The first-order chi connectivity index (χ1) is 8.87. The molecule has 6 heteroatoms. The molecule has 19 heavy (non-hydrogen) atoms. The predicted molar refractivity (Wildman–Crippen MR) is 68.7 cm³/mol.